The predicted molar refractivity (Wildman–Crippen MR) is 113 cm³/mol. The lowest BCUT2D eigenvalue weighted by atomic mass is 9.97. The van der Waals surface area contributed by atoms with E-state index in [9.17, 15) is 9.59 Å². The van der Waals surface area contributed by atoms with Crippen LogP contribution in [0.15, 0.2) is 22.9 Å². The van der Waals surface area contributed by atoms with Crippen LogP contribution in [0.25, 0.3) is 17.1 Å². The zero-order valence-corrected chi connectivity index (χ0v) is 18.7. The molecular weight excluding hydrogens is 414 g/mol. The van der Waals surface area contributed by atoms with Gasteiger partial charge in [-0.3, -0.25) is 9.20 Å². The normalized spacial score (nSPS) is 16.9. The Morgan fingerprint density at radius 1 is 1.31 bits per heavy atom. The average Bonchev–Trinajstić information content (AvgIpc) is 3.36. The van der Waals surface area contributed by atoms with E-state index in [4.69, 9.17) is 9.26 Å². The number of nitrogens with one attached hydrogen (secondary N) is 1. The van der Waals surface area contributed by atoms with Crippen molar-refractivity contribution in [2.24, 2.45) is 5.92 Å². The van der Waals surface area contributed by atoms with Gasteiger partial charge in [0.2, 0.25) is 5.91 Å². The van der Waals surface area contributed by atoms with Crippen LogP contribution in [0.4, 0.5) is 4.79 Å². The lowest BCUT2D eigenvalue weighted by Gasteiger charge is -2.33. The first-order valence-corrected chi connectivity index (χ1v) is 10.6. The van der Waals surface area contributed by atoms with Gasteiger partial charge in [0.05, 0.1) is 12.5 Å². The summed E-state index contributed by atoms with van der Waals surface area (Å²) in [7, 11) is 0. The summed E-state index contributed by atoms with van der Waals surface area (Å²) in [5, 5.41) is 15.1. The van der Waals surface area contributed by atoms with Crippen LogP contribution in [-0.2, 0) is 16.1 Å². The number of rotatable bonds is 4. The molecule has 11 heteroatoms. The van der Waals surface area contributed by atoms with Gasteiger partial charge in [-0.15, -0.1) is 10.2 Å². The fourth-order valence-electron chi connectivity index (χ4n) is 3.60. The molecule has 0 aliphatic carbocycles. The highest BCUT2D eigenvalue weighted by atomic mass is 16.6. The van der Waals surface area contributed by atoms with Crippen LogP contribution in [0.2, 0.25) is 0 Å². The highest BCUT2D eigenvalue weighted by Gasteiger charge is 2.31. The summed E-state index contributed by atoms with van der Waals surface area (Å²) in [5.74, 6) is 1.16. The maximum Gasteiger partial charge on any atom is 0.410 e. The molecule has 4 heterocycles. The number of likely N-dealkylation sites (tertiary alicyclic amines) is 1. The number of carbonyl (C=O) groups excluding carboxylic acids is 2. The van der Waals surface area contributed by atoms with Crippen LogP contribution in [0.1, 0.15) is 45.3 Å². The second-order valence-corrected chi connectivity index (χ2v) is 8.89. The predicted octanol–water partition coefficient (Wildman–Crippen LogP) is 2.35. The number of aromatic nitrogens is 5. The monoisotopic (exact) mass is 441 g/mol. The molecule has 3 aromatic heterocycles. The van der Waals surface area contributed by atoms with Crippen molar-refractivity contribution in [1.82, 2.24) is 35.0 Å². The molecule has 0 radical (unpaired) electrons. The fourth-order valence-corrected chi connectivity index (χ4v) is 3.60. The van der Waals surface area contributed by atoms with E-state index in [1.54, 1.807) is 28.5 Å². The zero-order chi connectivity index (χ0) is 22.9. The molecule has 3 aromatic rings. The van der Waals surface area contributed by atoms with Crippen LogP contribution >= 0.6 is 0 Å². The van der Waals surface area contributed by atoms with Gasteiger partial charge in [-0.2, -0.15) is 4.98 Å². The first kappa shape index (κ1) is 21.7. The topological polar surface area (TPSA) is 128 Å². The van der Waals surface area contributed by atoms with Crippen molar-refractivity contribution in [1.29, 1.82) is 0 Å². The van der Waals surface area contributed by atoms with Crippen molar-refractivity contribution in [3.05, 3.63) is 30.0 Å². The molecule has 0 bridgehead atoms. The Kier molecular flexibility index (Phi) is 5.81. The van der Waals surface area contributed by atoms with Crippen LogP contribution in [0, 0.1) is 12.8 Å². The van der Waals surface area contributed by atoms with Crippen LogP contribution in [0.3, 0.4) is 0 Å². The molecule has 0 spiro atoms. The number of hydrogen-bond acceptors (Lipinski definition) is 8. The molecule has 1 atom stereocenters. The number of amides is 2. The molecule has 11 nitrogen and oxygen atoms in total. The van der Waals surface area contributed by atoms with E-state index in [1.807, 2.05) is 26.8 Å². The average molecular weight is 441 g/mol. The summed E-state index contributed by atoms with van der Waals surface area (Å²) in [6, 6.07) is 3.62. The van der Waals surface area contributed by atoms with Crippen LogP contribution in [-0.4, -0.2) is 60.3 Å². The number of nitrogens with zero attached hydrogens (tertiary/aromatic N) is 6. The molecule has 1 N–H and O–H groups in total. The summed E-state index contributed by atoms with van der Waals surface area (Å²) in [4.78, 5) is 30.9. The van der Waals surface area contributed by atoms with E-state index in [0.717, 1.165) is 18.4 Å². The van der Waals surface area contributed by atoms with Crippen molar-refractivity contribution >= 4 is 17.6 Å². The van der Waals surface area contributed by atoms with E-state index >= 15 is 0 Å². The van der Waals surface area contributed by atoms with E-state index < -0.39 is 5.60 Å². The molecule has 1 unspecified atom stereocenters. The lowest BCUT2D eigenvalue weighted by Crippen LogP contribution is -2.47. The molecule has 1 aliphatic rings. The summed E-state index contributed by atoms with van der Waals surface area (Å²) < 4.78 is 12.4. The number of hydrogen-bond donors (Lipinski definition) is 1. The van der Waals surface area contributed by atoms with Gasteiger partial charge in [-0.25, -0.2) is 4.79 Å². The first-order valence-electron chi connectivity index (χ1n) is 10.6. The number of piperidine rings is 1. The van der Waals surface area contributed by atoms with Crippen LogP contribution in [0.5, 0.6) is 0 Å². The molecule has 170 valence electrons. The Balaban J connectivity index is 1.38. The molecular formula is C21H27N7O4. The molecule has 32 heavy (non-hydrogen) atoms. The van der Waals surface area contributed by atoms with Crippen molar-refractivity contribution in [2.45, 2.75) is 52.7 Å². The van der Waals surface area contributed by atoms with Gasteiger partial charge < -0.3 is 19.5 Å². The van der Waals surface area contributed by atoms with Gasteiger partial charge >= 0.3 is 6.09 Å². The number of aryl methyl sites for hydroxylation is 1. The van der Waals surface area contributed by atoms with Crippen LogP contribution < -0.4 is 5.32 Å². The van der Waals surface area contributed by atoms with E-state index in [1.165, 1.54) is 0 Å². The third kappa shape index (κ3) is 4.87. The molecule has 4 rings (SSSR count). The van der Waals surface area contributed by atoms with E-state index in [-0.39, 0.29) is 24.5 Å². The number of fused-ring (bicyclic) bond motifs is 1. The quantitative estimate of drug-likeness (QED) is 0.653. The molecule has 2 amide bonds. The van der Waals surface area contributed by atoms with Gasteiger partial charge in [0.25, 0.3) is 5.89 Å². The largest absolute Gasteiger partial charge is 0.444 e. The highest BCUT2D eigenvalue weighted by molar-refractivity contribution is 5.80. The zero-order valence-electron chi connectivity index (χ0n) is 18.7. The molecule has 1 saturated heterocycles. The highest BCUT2D eigenvalue weighted by Crippen LogP contribution is 2.21. The summed E-state index contributed by atoms with van der Waals surface area (Å²) in [6.45, 7) is 8.39. The van der Waals surface area contributed by atoms with Crippen molar-refractivity contribution in [3.63, 3.8) is 0 Å². The maximum absolute atomic E-state index is 12.7. The minimum atomic E-state index is -0.566. The van der Waals surface area contributed by atoms with Crippen molar-refractivity contribution < 1.29 is 18.8 Å². The Hall–Kier alpha value is -3.50. The standard InChI is InChI=1S/C21H27N7O4/c1-13-23-19(32-26-13)14-7-9-28-16(10-14)24-25-17(28)11-22-18(29)15-6-5-8-27(12-15)20(30)31-21(2,3)4/h7,9-10,15H,5-6,8,11-12H2,1-4H3,(H,22,29). The fraction of sp³-hybridized carbons (Fsp3) is 0.524. The second kappa shape index (κ2) is 8.56. The number of ether oxygens (including phenoxy) is 1. The molecule has 0 aromatic carbocycles. The Morgan fingerprint density at radius 3 is 2.84 bits per heavy atom. The molecule has 0 saturated carbocycles. The smallest absolute Gasteiger partial charge is 0.410 e. The Bertz CT molecular complexity index is 1130. The van der Waals surface area contributed by atoms with Gasteiger partial charge in [-0.05, 0) is 52.7 Å². The number of pyridine rings is 1. The molecule has 1 fully saturated rings. The Labute approximate surface area is 185 Å². The van der Waals surface area contributed by atoms with Crippen molar-refractivity contribution in [2.75, 3.05) is 13.1 Å². The lowest BCUT2D eigenvalue weighted by molar-refractivity contribution is -0.126. The minimum Gasteiger partial charge on any atom is -0.444 e. The van der Waals surface area contributed by atoms with E-state index in [0.29, 0.717) is 36.3 Å². The number of carbonyl (C=O) groups is 2. The van der Waals surface area contributed by atoms with Crippen molar-refractivity contribution in [3.8, 4) is 11.5 Å². The second-order valence-electron chi connectivity index (χ2n) is 8.89. The third-order valence-corrected chi connectivity index (χ3v) is 5.12. The van der Waals surface area contributed by atoms with Gasteiger partial charge in [0.1, 0.15) is 5.60 Å². The SMILES string of the molecule is Cc1noc(-c2ccn3c(CNC(=O)C4CCCN(C(=O)OC(C)(C)C)C4)nnc3c2)n1. The minimum absolute atomic E-state index is 0.118. The third-order valence-electron chi connectivity index (χ3n) is 5.12. The first-order chi connectivity index (χ1) is 15.2. The summed E-state index contributed by atoms with van der Waals surface area (Å²) >= 11 is 0. The maximum atomic E-state index is 12.7. The Morgan fingerprint density at radius 2 is 2.12 bits per heavy atom. The van der Waals surface area contributed by atoms with Gasteiger partial charge in [-0.1, -0.05) is 5.16 Å². The summed E-state index contributed by atoms with van der Waals surface area (Å²) in [5.41, 5.74) is 0.783. The van der Waals surface area contributed by atoms with Gasteiger partial charge in [0, 0.05) is 24.8 Å². The summed E-state index contributed by atoms with van der Waals surface area (Å²) in [6.07, 6.45) is 2.89. The van der Waals surface area contributed by atoms with Gasteiger partial charge in [0.15, 0.2) is 17.3 Å². The molecule has 1 aliphatic heterocycles. The van der Waals surface area contributed by atoms with E-state index in [2.05, 4.69) is 25.7 Å².